The van der Waals surface area contributed by atoms with Crippen LogP contribution in [0.2, 0.25) is 0 Å². The minimum Gasteiger partial charge on any atom is -0.352 e. The molecule has 2 aromatic rings. The van der Waals surface area contributed by atoms with E-state index in [2.05, 4.69) is 15.5 Å². The molecule has 0 atom stereocenters. The SMILES string of the molecule is Cc1cc(C)n(-c2ccc(=O)n(CC(=O)NC3CCCCC3)n2)n1. The van der Waals surface area contributed by atoms with Crippen molar-refractivity contribution in [3.05, 3.63) is 39.9 Å². The van der Waals surface area contributed by atoms with Crippen LogP contribution in [0.4, 0.5) is 0 Å². The molecule has 0 aromatic carbocycles. The van der Waals surface area contributed by atoms with Crippen LogP contribution in [0.25, 0.3) is 5.82 Å². The minimum absolute atomic E-state index is 0.0670. The zero-order valence-electron chi connectivity index (χ0n) is 14.2. The van der Waals surface area contributed by atoms with Gasteiger partial charge in [0, 0.05) is 17.8 Å². The van der Waals surface area contributed by atoms with Crippen molar-refractivity contribution in [3.8, 4) is 5.82 Å². The Bertz CT molecular complexity index is 787. The predicted octanol–water partition coefficient (Wildman–Crippen LogP) is 1.49. The molecule has 1 N–H and O–H groups in total. The highest BCUT2D eigenvalue weighted by Gasteiger charge is 2.16. The monoisotopic (exact) mass is 329 g/mol. The maximum atomic E-state index is 12.2. The zero-order valence-corrected chi connectivity index (χ0v) is 14.2. The van der Waals surface area contributed by atoms with Crippen molar-refractivity contribution in [2.75, 3.05) is 0 Å². The van der Waals surface area contributed by atoms with Crippen molar-refractivity contribution < 1.29 is 4.79 Å². The van der Waals surface area contributed by atoms with E-state index in [1.165, 1.54) is 17.2 Å². The lowest BCUT2D eigenvalue weighted by Gasteiger charge is -2.22. The molecule has 1 aliphatic carbocycles. The summed E-state index contributed by atoms with van der Waals surface area (Å²) in [6.45, 7) is 3.76. The summed E-state index contributed by atoms with van der Waals surface area (Å²) in [6.07, 6.45) is 5.56. The van der Waals surface area contributed by atoms with Gasteiger partial charge in [-0.25, -0.2) is 9.36 Å². The molecule has 1 saturated carbocycles. The molecule has 0 unspecified atom stereocenters. The van der Waals surface area contributed by atoms with E-state index in [0.29, 0.717) is 5.82 Å². The Kier molecular flexibility index (Phi) is 4.78. The number of rotatable bonds is 4. The summed E-state index contributed by atoms with van der Waals surface area (Å²) in [5.41, 5.74) is 1.51. The van der Waals surface area contributed by atoms with Gasteiger partial charge in [-0.1, -0.05) is 19.3 Å². The first kappa shape index (κ1) is 16.4. The van der Waals surface area contributed by atoms with E-state index < -0.39 is 0 Å². The van der Waals surface area contributed by atoms with Gasteiger partial charge in [-0.15, -0.1) is 5.10 Å². The van der Waals surface area contributed by atoms with Gasteiger partial charge in [0.2, 0.25) is 5.91 Å². The Balaban J connectivity index is 1.75. The van der Waals surface area contributed by atoms with E-state index in [0.717, 1.165) is 37.1 Å². The molecule has 0 saturated heterocycles. The molecule has 1 aliphatic rings. The molecule has 1 amide bonds. The number of amides is 1. The highest BCUT2D eigenvalue weighted by Crippen LogP contribution is 2.17. The highest BCUT2D eigenvalue weighted by atomic mass is 16.2. The molecule has 0 bridgehead atoms. The molecule has 7 nitrogen and oxygen atoms in total. The van der Waals surface area contributed by atoms with E-state index in [4.69, 9.17) is 0 Å². The summed E-state index contributed by atoms with van der Waals surface area (Å²) in [5, 5.41) is 11.7. The summed E-state index contributed by atoms with van der Waals surface area (Å²) in [7, 11) is 0. The fraction of sp³-hybridized carbons (Fsp3) is 0.529. The van der Waals surface area contributed by atoms with Gasteiger partial charge in [-0.05, 0) is 38.8 Å². The molecule has 24 heavy (non-hydrogen) atoms. The molecular weight excluding hydrogens is 306 g/mol. The highest BCUT2D eigenvalue weighted by molar-refractivity contribution is 5.75. The summed E-state index contributed by atoms with van der Waals surface area (Å²) in [4.78, 5) is 24.2. The van der Waals surface area contributed by atoms with Crippen LogP contribution in [0, 0.1) is 13.8 Å². The number of hydrogen-bond donors (Lipinski definition) is 1. The topological polar surface area (TPSA) is 81.8 Å². The van der Waals surface area contributed by atoms with E-state index in [9.17, 15) is 9.59 Å². The van der Waals surface area contributed by atoms with Crippen LogP contribution >= 0.6 is 0 Å². The number of carbonyl (C=O) groups is 1. The third-order valence-corrected chi connectivity index (χ3v) is 4.34. The summed E-state index contributed by atoms with van der Waals surface area (Å²) < 4.78 is 2.87. The van der Waals surface area contributed by atoms with Gasteiger partial charge in [-0.3, -0.25) is 9.59 Å². The number of aromatic nitrogens is 4. The van der Waals surface area contributed by atoms with Gasteiger partial charge in [0.25, 0.3) is 5.56 Å². The number of aryl methyl sites for hydroxylation is 2. The van der Waals surface area contributed by atoms with Crippen molar-refractivity contribution in [1.29, 1.82) is 0 Å². The van der Waals surface area contributed by atoms with E-state index in [1.54, 1.807) is 10.7 Å². The number of hydrogen-bond acceptors (Lipinski definition) is 4. The third-order valence-electron chi connectivity index (χ3n) is 4.34. The minimum atomic E-state index is -0.293. The van der Waals surface area contributed by atoms with Gasteiger partial charge in [-0.2, -0.15) is 5.10 Å². The Hall–Kier alpha value is -2.44. The quantitative estimate of drug-likeness (QED) is 0.921. The normalized spacial score (nSPS) is 15.4. The van der Waals surface area contributed by atoms with E-state index in [-0.39, 0.29) is 24.1 Å². The van der Waals surface area contributed by atoms with Gasteiger partial charge >= 0.3 is 0 Å². The molecule has 2 heterocycles. The predicted molar refractivity (Wildman–Crippen MR) is 90.1 cm³/mol. The van der Waals surface area contributed by atoms with Crippen LogP contribution < -0.4 is 10.9 Å². The molecule has 2 aromatic heterocycles. The smallest absolute Gasteiger partial charge is 0.267 e. The third kappa shape index (κ3) is 3.72. The molecule has 128 valence electrons. The van der Waals surface area contributed by atoms with Crippen LogP contribution in [0.15, 0.2) is 23.0 Å². The maximum Gasteiger partial charge on any atom is 0.267 e. The molecular formula is C17H23N5O2. The average molecular weight is 329 g/mol. The average Bonchev–Trinajstić information content (AvgIpc) is 2.89. The van der Waals surface area contributed by atoms with Gasteiger partial charge in [0.15, 0.2) is 5.82 Å². The zero-order chi connectivity index (χ0) is 17.1. The lowest BCUT2D eigenvalue weighted by atomic mass is 9.95. The van der Waals surface area contributed by atoms with Crippen LogP contribution in [-0.4, -0.2) is 31.5 Å². The van der Waals surface area contributed by atoms with Crippen LogP contribution in [0.5, 0.6) is 0 Å². The second-order valence-electron chi connectivity index (χ2n) is 6.43. The second-order valence-corrected chi connectivity index (χ2v) is 6.43. The van der Waals surface area contributed by atoms with Crippen LogP contribution in [0.3, 0.4) is 0 Å². The summed E-state index contributed by atoms with van der Waals surface area (Å²) in [6, 6.07) is 5.21. The first-order chi connectivity index (χ1) is 11.5. The summed E-state index contributed by atoms with van der Waals surface area (Å²) in [5.74, 6) is 0.368. The first-order valence-electron chi connectivity index (χ1n) is 8.44. The van der Waals surface area contributed by atoms with Crippen molar-refractivity contribution in [3.63, 3.8) is 0 Å². The lowest BCUT2D eigenvalue weighted by molar-refractivity contribution is -0.122. The van der Waals surface area contributed by atoms with E-state index in [1.807, 2.05) is 19.9 Å². The van der Waals surface area contributed by atoms with Gasteiger partial charge in [0.05, 0.1) is 5.69 Å². The van der Waals surface area contributed by atoms with Crippen LogP contribution in [0.1, 0.15) is 43.5 Å². The first-order valence-corrected chi connectivity index (χ1v) is 8.44. The molecule has 3 rings (SSSR count). The Morgan fingerprint density at radius 1 is 1.21 bits per heavy atom. The Morgan fingerprint density at radius 2 is 1.96 bits per heavy atom. The standard InChI is InChI=1S/C17H23N5O2/c1-12-10-13(2)22(19-12)15-8-9-17(24)21(20-15)11-16(23)18-14-6-4-3-5-7-14/h8-10,14H,3-7,11H2,1-2H3,(H,18,23). The number of nitrogens with zero attached hydrogens (tertiary/aromatic N) is 4. The largest absolute Gasteiger partial charge is 0.352 e. The molecule has 7 heteroatoms. The Labute approximate surface area is 140 Å². The van der Waals surface area contributed by atoms with Crippen molar-refractivity contribution >= 4 is 5.91 Å². The molecule has 0 radical (unpaired) electrons. The van der Waals surface area contributed by atoms with Crippen LogP contribution in [-0.2, 0) is 11.3 Å². The number of nitrogens with one attached hydrogen (secondary N) is 1. The number of carbonyl (C=O) groups excluding carboxylic acids is 1. The summed E-state index contributed by atoms with van der Waals surface area (Å²) >= 11 is 0. The molecule has 0 aliphatic heterocycles. The van der Waals surface area contributed by atoms with Gasteiger partial charge in [0.1, 0.15) is 6.54 Å². The van der Waals surface area contributed by atoms with Crippen molar-refractivity contribution in [1.82, 2.24) is 24.9 Å². The fourth-order valence-corrected chi connectivity index (χ4v) is 3.18. The van der Waals surface area contributed by atoms with Crippen molar-refractivity contribution in [2.45, 2.75) is 58.5 Å². The fourth-order valence-electron chi connectivity index (χ4n) is 3.18. The lowest BCUT2D eigenvalue weighted by Crippen LogP contribution is -2.40. The second kappa shape index (κ2) is 6.98. The maximum absolute atomic E-state index is 12.2. The van der Waals surface area contributed by atoms with E-state index >= 15 is 0 Å². The molecule has 1 fully saturated rings. The molecule has 0 spiro atoms. The van der Waals surface area contributed by atoms with Gasteiger partial charge < -0.3 is 5.32 Å². The Morgan fingerprint density at radius 3 is 2.62 bits per heavy atom. The van der Waals surface area contributed by atoms with Crippen molar-refractivity contribution in [2.24, 2.45) is 0 Å².